The summed E-state index contributed by atoms with van der Waals surface area (Å²) in [5.74, 6) is 0.0528. The molecule has 98 valence electrons. The van der Waals surface area contributed by atoms with Gasteiger partial charge in [-0.3, -0.25) is 4.79 Å². The molecule has 0 amide bonds. The maximum Gasteiger partial charge on any atom is 0.309 e. The van der Waals surface area contributed by atoms with Gasteiger partial charge in [0.2, 0.25) is 0 Å². The number of aliphatic carboxylic acids is 1. The van der Waals surface area contributed by atoms with Crippen molar-refractivity contribution in [2.24, 2.45) is 5.41 Å². The molecular weight excluding hydrogens is 252 g/mol. The molecule has 1 aromatic carbocycles. The van der Waals surface area contributed by atoms with Crippen molar-refractivity contribution >= 4 is 17.6 Å². The van der Waals surface area contributed by atoms with Crippen molar-refractivity contribution in [2.75, 3.05) is 6.61 Å². The molecule has 18 heavy (non-hydrogen) atoms. The topological polar surface area (TPSA) is 46.5 Å². The number of carbonyl (C=O) groups is 1. The van der Waals surface area contributed by atoms with Gasteiger partial charge >= 0.3 is 5.97 Å². The lowest BCUT2D eigenvalue weighted by molar-refractivity contribution is -0.148. The predicted octanol–water partition coefficient (Wildman–Crippen LogP) is 3.32. The smallest absolute Gasteiger partial charge is 0.309 e. The molecule has 0 aliphatic carbocycles. The molecule has 1 aliphatic heterocycles. The fourth-order valence-corrected chi connectivity index (χ4v) is 2.51. The fourth-order valence-electron chi connectivity index (χ4n) is 2.25. The van der Waals surface area contributed by atoms with Crippen molar-refractivity contribution < 1.29 is 14.6 Å². The molecule has 0 fully saturated rings. The van der Waals surface area contributed by atoms with E-state index in [1.54, 1.807) is 6.92 Å². The number of halogens is 1. The van der Waals surface area contributed by atoms with E-state index in [-0.39, 0.29) is 0 Å². The molecule has 0 saturated heterocycles. The standard InChI is InChI=1S/C14H17ClO3/c1-3-14(2,13(16)17)8-10-7-11(15)6-9-4-5-18-12(9)10/h6-7H,3-5,8H2,1-2H3,(H,16,17). The Bertz CT molecular complexity index is 484. The molecule has 0 bridgehead atoms. The van der Waals surface area contributed by atoms with E-state index >= 15 is 0 Å². The van der Waals surface area contributed by atoms with Crippen LogP contribution < -0.4 is 4.74 Å². The molecular formula is C14H17ClO3. The zero-order valence-electron chi connectivity index (χ0n) is 10.6. The number of rotatable bonds is 4. The molecule has 4 heteroatoms. The van der Waals surface area contributed by atoms with Crippen LogP contribution in [0.1, 0.15) is 31.4 Å². The van der Waals surface area contributed by atoms with Crippen LogP contribution in [0.15, 0.2) is 12.1 Å². The largest absolute Gasteiger partial charge is 0.493 e. The Morgan fingerprint density at radius 2 is 2.28 bits per heavy atom. The summed E-state index contributed by atoms with van der Waals surface area (Å²) in [7, 11) is 0. The van der Waals surface area contributed by atoms with Gasteiger partial charge in [-0.25, -0.2) is 0 Å². The average molecular weight is 269 g/mol. The lowest BCUT2D eigenvalue weighted by Gasteiger charge is -2.24. The van der Waals surface area contributed by atoms with Crippen LogP contribution in [0.3, 0.4) is 0 Å². The first kappa shape index (κ1) is 13.2. The van der Waals surface area contributed by atoms with Gasteiger partial charge in [0.25, 0.3) is 0 Å². The predicted molar refractivity (Wildman–Crippen MR) is 70.4 cm³/mol. The van der Waals surface area contributed by atoms with Gasteiger partial charge in [-0.05, 0) is 43.0 Å². The zero-order valence-corrected chi connectivity index (χ0v) is 11.4. The maximum absolute atomic E-state index is 11.4. The third kappa shape index (κ3) is 2.32. The van der Waals surface area contributed by atoms with Crippen molar-refractivity contribution in [3.05, 3.63) is 28.3 Å². The molecule has 1 heterocycles. The molecule has 2 rings (SSSR count). The third-order valence-corrected chi connectivity index (χ3v) is 3.92. The Labute approximate surface area is 112 Å². The zero-order chi connectivity index (χ0) is 13.3. The highest BCUT2D eigenvalue weighted by Gasteiger charge is 2.33. The summed E-state index contributed by atoms with van der Waals surface area (Å²) in [4.78, 5) is 11.4. The van der Waals surface area contributed by atoms with Gasteiger partial charge in [-0.15, -0.1) is 0 Å². The molecule has 1 atom stereocenters. The lowest BCUT2D eigenvalue weighted by Crippen LogP contribution is -2.29. The van der Waals surface area contributed by atoms with Crippen LogP contribution in [0.25, 0.3) is 0 Å². The Hall–Kier alpha value is -1.22. The summed E-state index contributed by atoms with van der Waals surface area (Å²) < 4.78 is 5.60. The molecule has 1 N–H and O–H groups in total. The second-order valence-electron chi connectivity index (χ2n) is 5.05. The number of hydrogen-bond acceptors (Lipinski definition) is 2. The number of carboxylic acid groups (broad SMARTS) is 1. The Kier molecular flexibility index (Phi) is 3.53. The minimum atomic E-state index is -0.781. The average Bonchev–Trinajstić information content (AvgIpc) is 2.76. The SMILES string of the molecule is CCC(C)(Cc1cc(Cl)cc2c1OCC2)C(=O)O. The highest BCUT2D eigenvalue weighted by Crippen LogP contribution is 2.37. The Balaban J connectivity index is 2.38. The fraction of sp³-hybridized carbons (Fsp3) is 0.500. The van der Waals surface area contributed by atoms with Gasteiger partial charge in [0, 0.05) is 11.4 Å². The van der Waals surface area contributed by atoms with E-state index in [1.807, 2.05) is 19.1 Å². The van der Waals surface area contributed by atoms with Crippen molar-refractivity contribution in [3.8, 4) is 5.75 Å². The second-order valence-corrected chi connectivity index (χ2v) is 5.48. The summed E-state index contributed by atoms with van der Waals surface area (Å²) in [6.45, 7) is 4.30. The van der Waals surface area contributed by atoms with Gasteiger partial charge in [0.05, 0.1) is 12.0 Å². The van der Waals surface area contributed by atoms with Crippen molar-refractivity contribution in [1.82, 2.24) is 0 Å². The first-order chi connectivity index (χ1) is 8.46. The molecule has 0 aromatic heterocycles. The van der Waals surface area contributed by atoms with E-state index in [0.717, 1.165) is 23.3 Å². The molecule has 3 nitrogen and oxygen atoms in total. The molecule has 0 spiro atoms. The molecule has 1 aliphatic rings. The van der Waals surface area contributed by atoms with Gasteiger partial charge in [-0.2, -0.15) is 0 Å². The van der Waals surface area contributed by atoms with Gasteiger partial charge in [0.15, 0.2) is 0 Å². The summed E-state index contributed by atoms with van der Waals surface area (Å²) in [6.07, 6.45) is 1.87. The minimum Gasteiger partial charge on any atom is -0.493 e. The molecule has 1 unspecified atom stereocenters. The van der Waals surface area contributed by atoms with Crippen LogP contribution in [0.4, 0.5) is 0 Å². The summed E-state index contributed by atoms with van der Waals surface area (Å²) >= 11 is 6.08. The first-order valence-electron chi connectivity index (χ1n) is 6.14. The minimum absolute atomic E-state index is 0.446. The van der Waals surface area contributed by atoms with Crippen LogP contribution in [0.5, 0.6) is 5.75 Å². The van der Waals surface area contributed by atoms with E-state index in [2.05, 4.69) is 0 Å². The Morgan fingerprint density at radius 1 is 1.56 bits per heavy atom. The number of fused-ring (bicyclic) bond motifs is 1. The van der Waals surface area contributed by atoms with Gasteiger partial charge in [0.1, 0.15) is 5.75 Å². The van der Waals surface area contributed by atoms with Crippen LogP contribution in [0, 0.1) is 5.41 Å². The first-order valence-corrected chi connectivity index (χ1v) is 6.51. The van der Waals surface area contributed by atoms with E-state index in [0.29, 0.717) is 24.5 Å². The quantitative estimate of drug-likeness (QED) is 0.911. The van der Waals surface area contributed by atoms with Crippen LogP contribution in [0.2, 0.25) is 5.02 Å². The van der Waals surface area contributed by atoms with E-state index in [9.17, 15) is 9.90 Å². The van der Waals surface area contributed by atoms with E-state index in [4.69, 9.17) is 16.3 Å². The normalized spacial score (nSPS) is 16.8. The highest BCUT2D eigenvalue weighted by atomic mass is 35.5. The lowest BCUT2D eigenvalue weighted by atomic mass is 9.81. The molecule has 1 aromatic rings. The van der Waals surface area contributed by atoms with Crippen molar-refractivity contribution in [1.29, 1.82) is 0 Å². The summed E-state index contributed by atoms with van der Waals surface area (Å²) in [6, 6.07) is 3.72. The van der Waals surface area contributed by atoms with Crippen LogP contribution >= 0.6 is 11.6 Å². The number of benzene rings is 1. The number of carboxylic acids is 1. The van der Waals surface area contributed by atoms with Crippen LogP contribution in [-0.4, -0.2) is 17.7 Å². The highest BCUT2D eigenvalue weighted by molar-refractivity contribution is 6.30. The van der Waals surface area contributed by atoms with Gasteiger partial charge in [-0.1, -0.05) is 18.5 Å². The maximum atomic E-state index is 11.4. The van der Waals surface area contributed by atoms with Gasteiger partial charge < -0.3 is 9.84 Å². The second kappa shape index (κ2) is 4.81. The Morgan fingerprint density at radius 3 is 2.89 bits per heavy atom. The summed E-state index contributed by atoms with van der Waals surface area (Å²) in [5, 5.41) is 9.99. The van der Waals surface area contributed by atoms with E-state index < -0.39 is 11.4 Å². The third-order valence-electron chi connectivity index (χ3n) is 3.70. The summed E-state index contributed by atoms with van der Waals surface area (Å²) in [5.41, 5.74) is 1.22. The van der Waals surface area contributed by atoms with Crippen molar-refractivity contribution in [2.45, 2.75) is 33.1 Å². The number of ether oxygens (including phenoxy) is 1. The van der Waals surface area contributed by atoms with E-state index in [1.165, 1.54) is 0 Å². The number of hydrogen-bond donors (Lipinski definition) is 1. The van der Waals surface area contributed by atoms with Crippen LogP contribution in [-0.2, 0) is 17.6 Å². The molecule has 0 radical (unpaired) electrons. The van der Waals surface area contributed by atoms with Crippen molar-refractivity contribution in [3.63, 3.8) is 0 Å². The molecule has 0 saturated carbocycles. The monoisotopic (exact) mass is 268 g/mol.